The average molecular weight is 320 g/mol. The molecule has 3 N–H and O–H groups in total. The molecule has 4 heteroatoms. The van der Waals surface area contributed by atoms with Gasteiger partial charge in [0.05, 0.1) is 17.4 Å². The quantitative estimate of drug-likeness (QED) is 0.830. The van der Waals surface area contributed by atoms with Gasteiger partial charge in [-0.2, -0.15) is 5.26 Å². The molecule has 0 spiro atoms. The lowest BCUT2D eigenvalue weighted by molar-refractivity contribution is 0.199. The summed E-state index contributed by atoms with van der Waals surface area (Å²) in [5, 5.41) is 13.1. The molecule has 0 amide bonds. The van der Waals surface area contributed by atoms with Crippen LogP contribution < -0.4 is 11.1 Å². The number of nitrogens with zero attached hydrogens (tertiary/aromatic N) is 2. The highest BCUT2D eigenvalue weighted by atomic mass is 15.2. The largest absolute Gasteiger partial charge is 0.397 e. The highest BCUT2D eigenvalue weighted by Crippen LogP contribution is 2.29. The van der Waals surface area contributed by atoms with Crippen LogP contribution >= 0.6 is 0 Å². The second kappa shape index (κ2) is 7.37. The Bertz CT molecular complexity index is 697. The lowest BCUT2D eigenvalue weighted by atomic mass is 9.88. The van der Waals surface area contributed by atoms with Crippen molar-refractivity contribution < 1.29 is 0 Å². The Morgan fingerprint density at radius 3 is 2.38 bits per heavy atom. The van der Waals surface area contributed by atoms with Gasteiger partial charge in [-0.05, 0) is 37.0 Å². The number of rotatable bonds is 5. The molecule has 3 rings (SSSR count). The molecule has 0 radical (unpaired) electrons. The van der Waals surface area contributed by atoms with E-state index in [1.54, 1.807) is 0 Å². The fourth-order valence-electron chi connectivity index (χ4n) is 3.22. The van der Waals surface area contributed by atoms with Gasteiger partial charge in [0.1, 0.15) is 5.54 Å². The smallest absolute Gasteiger partial charge is 0.127 e. The summed E-state index contributed by atoms with van der Waals surface area (Å²) >= 11 is 0. The molecule has 2 aromatic rings. The number of para-hydroxylation sites is 2. The van der Waals surface area contributed by atoms with Crippen LogP contribution in [0.4, 0.5) is 11.4 Å². The summed E-state index contributed by atoms with van der Waals surface area (Å²) in [7, 11) is 0. The molecule has 0 bridgehead atoms. The molecule has 2 aromatic carbocycles. The lowest BCUT2D eigenvalue weighted by Crippen LogP contribution is -2.48. The molecule has 0 unspecified atom stereocenters. The van der Waals surface area contributed by atoms with Crippen LogP contribution in [0.2, 0.25) is 0 Å². The number of hydrogen-bond donors (Lipinski definition) is 2. The molecule has 1 fully saturated rings. The van der Waals surface area contributed by atoms with Crippen molar-refractivity contribution in [3.8, 4) is 6.07 Å². The molecule has 4 nitrogen and oxygen atoms in total. The van der Waals surface area contributed by atoms with Crippen LogP contribution in [-0.2, 0) is 6.42 Å². The molecule has 0 saturated carbocycles. The van der Waals surface area contributed by atoms with E-state index in [4.69, 9.17) is 5.73 Å². The van der Waals surface area contributed by atoms with Crippen molar-refractivity contribution in [1.82, 2.24) is 4.90 Å². The number of nitrogens with one attached hydrogen (secondary N) is 1. The van der Waals surface area contributed by atoms with E-state index < -0.39 is 5.54 Å². The number of nitrogen functional groups attached to an aromatic ring is 1. The Hall–Kier alpha value is -2.51. The number of benzene rings is 2. The molecule has 1 heterocycles. The molecule has 1 aliphatic heterocycles. The van der Waals surface area contributed by atoms with Crippen molar-refractivity contribution in [3.63, 3.8) is 0 Å². The van der Waals surface area contributed by atoms with Crippen LogP contribution in [0.3, 0.4) is 0 Å². The Balaban J connectivity index is 1.56. The maximum Gasteiger partial charge on any atom is 0.127 e. The van der Waals surface area contributed by atoms with Crippen molar-refractivity contribution in [2.45, 2.75) is 24.8 Å². The molecule has 0 aliphatic carbocycles. The van der Waals surface area contributed by atoms with Crippen molar-refractivity contribution in [2.24, 2.45) is 0 Å². The molecule has 124 valence electrons. The van der Waals surface area contributed by atoms with E-state index in [0.29, 0.717) is 5.69 Å². The number of nitriles is 1. The zero-order valence-electron chi connectivity index (χ0n) is 13.9. The highest BCUT2D eigenvalue weighted by Gasteiger charge is 2.34. The average Bonchev–Trinajstić information content (AvgIpc) is 2.64. The number of likely N-dealkylation sites (tertiary alicyclic amines) is 1. The Labute approximate surface area is 143 Å². The van der Waals surface area contributed by atoms with E-state index >= 15 is 0 Å². The van der Waals surface area contributed by atoms with Crippen LogP contribution in [0.25, 0.3) is 0 Å². The first-order valence-electron chi connectivity index (χ1n) is 8.51. The van der Waals surface area contributed by atoms with Crippen LogP contribution in [-0.4, -0.2) is 30.1 Å². The molecule has 1 aliphatic rings. The summed E-state index contributed by atoms with van der Waals surface area (Å²) in [6.07, 6.45) is 2.68. The molecule has 24 heavy (non-hydrogen) atoms. The van der Waals surface area contributed by atoms with Gasteiger partial charge in [0.15, 0.2) is 0 Å². The second-order valence-corrected chi connectivity index (χ2v) is 6.48. The van der Waals surface area contributed by atoms with Crippen molar-refractivity contribution in [2.75, 3.05) is 30.7 Å². The zero-order chi connectivity index (χ0) is 16.8. The SMILES string of the molecule is N#CC1(Nc2ccccc2N)CCN(CCc2ccccc2)CC1. The van der Waals surface area contributed by atoms with E-state index in [1.165, 1.54) is 5.56 Å². The van der Waals surface area contributed by atoms with Gasteiger partial charge in [-0.1, -0.05) is 42.5 Å². The second-order valence-electron chi connectivity index (χ2n) is 6.48. The van der Waals surface area contributed by atoms with E-state index in [1.807, 2.05) is 30.3 Å². The third kappa shape index (κ3) is 3.87. The van der Waals surface area contributed by atoms with Crippen molar-refractivity contribution in [1.29, 1.82) is 5.26 Å². The Morgan fingerprint density at radius 1 is 1.04 bits per heavy atom. The van der Waals surface area contributed by atoms with E-state index in [0.717, 1.165) is 44.6 Å². The summed E-state index contributed by atoms with van der Waals surface area (Å²) in [5.41, 5.74) is 8.41. The molecular weight excluding hydrogens is 296 g/mol. The van der Waals surface area contributed by atoms with Gasteiger partial charge in [0.25, 0.3) is 0 Å². The number of hydrogen-bond acceptors (Lipinski definition) is 4. The minimum absolute atomic E-state index is 0.515. The van der Waals surface area contributed by atoms with Crippen LogP contribution in [0.5, 0.6) is 0 Å². The minimum atomic E-state index is -0.515. The molecular formula is C20H24N4. The maximum absolute atomic E-state index is 9.72. The van der Waals surface area contributed by atoms with Gasteiger partial charge in [-0.15, -0.1) is 0 Å². The topological polar surface area (TPSA) is 65.1 Å². The molecule has 0 atom stereocenters. The van der Waals surface area contributed by atoms with Gasteiger partial charge in [-0.25, -0.2) is 0 Å². The van der Waals surface area contributed by atoms with Gasteiger partial charge in [0, 0.05) is 19.6 Å². The summed E-state index contributed by atoms with van der Waals surface area (Å²) in [6, 6.07) is 20.7. The van der Waals surface area contributed by atoms with Gasteiger partial charge in [0.2, 0.25) is 0 Å². The zero-order valence-corrected chi connectivity index (χ0v) is 13.9. The first-order chi connectivity index (χ1) is 11.7. The van der Waals surface area contributed by atoms with E-state index in [9.17, 15) is 5.26 Å². The van der Waals surface area contributed by atoms with E-state index in [-0.39, 0.29) is 0 Å². The normalized spacial score (nSPS) is 17.1. The minimum Gasteiger partial charge on any atom is -0.397 e. The summed E-state index contributed by atoms with van der Waals surface area (Å²) in [6.45, 7) is 2.90. The Kier molecular flexibility index (Phi) is 5.02. The standard InChI is InChI=1S/C20H24N4/c21-16-20(23-19-9-5-4-8-18(19)22)11-14-24(15-12-20)13-10-17-6-2-1-3-7-17/h1-9,23H,10-15,22H2. The number of piperidine rings is 1. The van der Waals surface area contributed by atoms with E-state index in [2.05, 4.69) is 40.6 Å². The summed E-state index contributed by atoms with van der Waals surface area (Å²) in [4.78, 5) is 2.44. The van der Waals surface area contributed by atoms with Crippen LogP contribution in [0.15, 0.2) is 54.6 Å². The highest BCUT2D eigenvalue weighted by molar-refractivity contribution is 5.67. The van der Waals surface area contributed by atoms with Crippen LogP contribution in [0.1, 0.15) is 18.4 Å². The Morgan fingerprint density at radius 2 is 1.71 bits per heavy atom. The van der Waals surface area contributed by atoms with Crippen molar-refractivity contribution in [3.05, 3.63) is 60.2 Å². The fourth-order valence-corrected chi connectivity index (χ4v) is 3.22. The summed E-state index contributed by atoms with van der Waals surface area (Å²) in [5.74, 6) is 0. The molecule has 1 saturated heterocycles. The maximum atomic E-state index is 9.72. The van der Waals surface area contributed by atoms with Gasteiger partial charge < -0.3 is 16.0 Å². The van der Waals surface area contributed by atoms with Gasteiger partial charge in [-0.3, -0.25) is 0 Å². The van der Waals surface area contributed by atoms with Crippen molar-refractivity contribution >= 4 is 11.4 Å². The number of nitrogens with two attached hydrogens (primary N) is 1. The monoisotopic (exact) mass is 320 g/mol. The number of anilines is 2. The predicted octanol–water partition coefficient (Wildman–Crippen LogP) is 3.28. The fraction of sp³-hybridized carbons (Fsp3) is 0.350. The predicted molar refractivity (Wildman–Crippen MR) is 98.6 cm³/mol. The third-order valence-corrected chi connectivity index (χ3v) is 4.82. The molecule has 0 aromatic heterocycles. The first kappa shape index (κ1) is 16.4. The summed E-state index contributed by atoms with van der Waals surface area (Å²) < 4.78 is 0. The van der Waals surface area contributed by atoms with Crippen LogP contribution in [0, 0.1) is 11.3 Å². The van der Waals surface area contributed by atoms with Gasteiger partial charge >= 0.3 is 0 Å². The third-order valence-electron chi connectivity index (χ3n) is 4.82. The first-order valence-corrected chi connectivity index (χ1v) is 8.51. The lowest BCUT2D eigenvalue weighted by Gasteiger charge is -2.38.